The first-order valence-corrected chi connectivity index (χ1v) is 8.30. The average molecular weight is 394 g/mol. The monoisotopic (exact) mass is 394 g/mol. The molecule has 0 saturated carbocycles. The van der Waals surface area contributed by atoms with Gasteiger partial charge in [-0.05, 0) is 36.2 Å². The molecule has 0 bridgehead atoms. The van der Waals surface area contributed by atoms with Crippen molar-refractivity contribution in [1.29, 1.82) is 0 Å². The summed E-state index contributed by atoms with van der Waals surface area (Å²) < 4.78 is 39.4. The number of halogens is 2. The first kappa shape index (κ1) is 20.9. The molecule has 0 saturated heterocycles. The van der Waals surface area contributed by atoms with E-state index in [9.17, 15) is 18.4 Å². The number of hydrogen-bond donors (Lipinski definition) is 2. The molecule has 0 fully saturated rings. The molecule has 2 aromatic carbocycles. The van der Waals surface area contributed by atoms with Gasteiger partial charge in [-0.25, -0.2) is 0 Å². The Bertz CT molecular complexity index is 830. The Morgan fingerprint density at radius 2 is 1.86 bits per heavy atom. The molecule has 0 aliphatic heterocycles. The van der Waals surface area contributed by atoms with Gasteiger partial charge in [-0.1, -0.05) is 18.2 Å². The van der Waals surface area contributed by atoms with Crippen LogP contribution in [0.2, 0.25) is 0 Å². The van der Waals surface area contributed by atoms with Gasteiger partial charge in [0.25, 0.3) is 11.8 Å². The summed E-state index contributed by atoms with van der Waals surface area (Å²) in [7, 11) is 1.35. The quantitative estimate of drug-likeness (QED) is 0.643. The number of nitrogens with one attached hydrogen (secondary N) is 1. The number of carbonyl (C=O) groups is 2. The Labute approximate surface area is 160 Å². The fraction of sp³-hybridized carbons (Fsp3) is 0.263. The molecule has 28 heavy (non-hydrogen) atoms. The van der Waals surface area contributed by atoms with Crippen LogP contribution < -0.4 is 25.3 Å². The summed E-state index contributed by atoms with van der Waals surface area (Å²) in [6.07, 6.45) is 0.439. The van der Waals surface area contributed by atoms with Crippen LogP contribution in [0.4, 0.5) is 8.78 Å². The summed E-state index contributed by atoms with van der Waals surface area (Å²) in [5.41, 5.74) is 6.20. The maximum Gasteiger partial charge on any atom is 0.387 e. The Morgan fingerprint density at radius 3 is 2.54 bits per heavy atom. The minimum absolute atomic E-state index is 0.0631. The Kier molecular flexibility index (Phi) is 7.55. The molecular formula is C19H20F2N2O5. The van der Waals surface area contributed by atoms with E-state index in [1.165, 1.54) is 19.2 Å². The lowest BCUT2D eigenvalue weighted by atomic mass is 10.1. The van der Waals surface area contributed by atoms with Crippen molar-refractivity contribution in [2.24, 2.45) is 5.73 Å². The van der Waals surface area contributed by atoms with Crippen molar-refractivity contribution in [2.45, 2.75) is 13.0 Å². The van der Waals surface area contributed by atoms with Gasteiger partial charge < -0.3 is 25.3 Å². The van der Waals surface area contributed by atoms with E-state index in [1.807, 2.05) is 0 Å². The molecule has 3 N–H and O–H groups in total. The Morgan fingerprint density at radius 1 is 1.11 bits per heavy atom. The molecule has 0 spiro atoms. The number of ether oxygens (including phenoxy) is 3. The molecule has 0 aromatic heterocycles. The van der Waals surface area contributed by atoms with E-state index in [-0.39, 0.29) is 41.9 Å². The third-order valence-electron chi connectivity index (χ3n) is 3.69. The predicted molar refractivity (Wildman–Crippen MR) is 96.8 cm³/mol. The van der Waals surface area contributed by atoms with Crippen molar-refractivity contribution in [3.05, 3.63) is 53.6 Å². The van der Waals surface area contributed by atoms with Crippen molar-refractivity contribution >= 4 is 11.8 Å². The predicted octanol–water partition coefficient (Wildman–Crippen LogP) is 2.13. The van der Waals surface area contributed by atoms with Gasteiger partial charge in [0, 0.05) is 6.54 Å². The Balaban J connectivity index is 1.83. The van der Waals surface area contributed by atoms with Crippen molar-refractivity contribution < 1.29 is 32.6 Å². The molecule has 0 aliphatic rings. The largest absolute Gasteiger partial charge is 0.493 e. The molecule has 2 rings (SSSR count). The van der Waals surface area contributed by atoms with Gasteiger partial charge in [0.05, 0.1) is 12.7 Å². The zero-order valence-electron chi connectivity index (χ0n) is 15.1. The normalized spacial score (nSPS) is 10.4. The number of amides is 2. The standard InChI is InChI=1S/C19H20F2N2O5/c1-26-16-10-12(6-7-15(16)28-19(20)21)8-9-23-17(24)11-27-14-5-3-2-4-13(14)18(22)25/h2-7,10,19H,8-9,11H2,1H3,(H2,22,25)(H,23,24). The molecule has 0 unspecified atom stereocenters. The van der Waals surface area contributed by atoms with Gasteiger partial charge in [0.2, 0.25) is 0 Å². The molecule has 0 atom stereocenters. The number of methoxy groups -OCH3 is 1. The number of carbonyl (C=O) groups excluding carboxylic acids is 2. The van der Waals surface area contributed by atoms with Crippen LogP contribution in [-0.4, -0.2) is 38.7 Å². The molecule has 0 radical (unpaired) electrons. The van der Waals surface area contributed by atoms with Crippen molar-refractivity contribution in [2.75, 3.05) is 20.3 Å². The minimum atomic E-state index is -2.95. The lowest BCUT2D eigenvalue weighted by Crippen LogP contribution is -2.31. The van der Waals surface area contributed by atoms with Gasteiger partial charge in [-0.3, -0.25) is 9.59 Å². The van der Waals surface area contributed by atoms with Gasteiger partial charge in [0.15, 0.2) is 18.1 Å². The second-order valence-corrected chi connectivity index (χ2v) is 5.61. The van der Waals surface area contributed by atoms with Crippen LogP contribution in [0.3, 0.4) is 0 Å². The topological polar surface area (TPSA) is 99.9 Å². The van der Waals surface area contributed by atoms with E-state index >= 15 is 0 Å². The second kappa shape index (κ2) is 10.1. The first-order chi connectivity index (χ1) is 13.4. The van der Waals surface area contributed by atoms with Gasteiger partial charge in [0.1, 0.15) is 5.75 Å². The number of benzene rings is 2. The van der Waals surface area contributed by atoms with Crippen LogP contribution in [-0.2, 0) is 11.2 Å². The molecule has 0 heterocycles. The summed E-state index contributed by atoms with van der Waals surface area (Å²) in [4.78, 5) is 23.2. The SMILES string of the molecule is COc1cc(CCNC(=O)COc2ccccc2C(N)=O)ccc1OC(F)F. The van der Waals surface area contributed by atoms with E-state index in [0.29, 0.717) is 6.42 Å². The molecule has 2 aromatic rings. The number of alkyl halides is 2. The third-order valence-corrected chi connectivity index (χ3v) is 3.69. The molecule has 7 nitrogen and oxygen atoms in total. The van der Waals surface area contributed by atoms with Crippen molar-refractivity contribution in [3.63, 3.8) is 0 Å². The lowest BCUT2D eigenvalue weighted by molar-refractivity contribution is -0.123. The van der Waals surface area contributed by atoms with E-state index in [4.69, 9.17) is 15.2 Å². The molecule has 2 amide bonds. The maximum absolute atomic E-state index is 12.3. The summed E-state index contributed by atoms with van der Waals surface area (Å²) in [6.45, 7) is -2.94. The van der Waals surface area contributed by atoms with Crippen LogP contribution in [0.25, 0.3) is 0 Å². The van der Waals surface area contributed by atoms with Crippen LogP contribution in [0.15, 0.2) is 42.5 Å². The number of primary amides is 1. The van der Waals surface area contributed by atoms with Crippen LogP contribution >= 0.6 is 0 Å². The molecular weight excluding hydrogens is 374 g/mol. The van der Waals surface area contributed by atoms with E-state index in [0.717, 1.165) is 5.56 Å². The number of nitrogens with two attached hydrogens (primary N) is 1. The maximum atomic E-state index is 12.3. The smallest absolute Gasteiger partial charge is 0.387 e. The van der Waals surface area contributed by atoms with Crippen LogP contribution in [0.5, 0.6) is 17.2 Å². The number of para-hydroxylation sites is 1. The highest BCUT2D eigenvalue weighted by molar-refractivity contribution is 5.95. The summed E-state index contributed by atoms with van der Waals surface area (Å²) >= 11 is 0. The van der Waals surface area contributed by atoms with Crippen LogP contribution in [0, 0.1) is 0 Å². The summed E-state index contributed by atoms with van der Waals surface area (Å²) in [6, 6.07) is 10.9. The zero-order valence-corrected chi connectivity index (χ0v) is 15.1. The van der Waals surface area contributed by atoms with Crippen LogP contribution in [0.1, 0.15) is 15.9 Å². The van der Waals surface area contributed by atoms with Crippen molar-refractivity contribution in [1.82, 2.24) is 5.32 Å². The van der Waals surface area contributed by atoms with Gasteiger partial charge in [-0.2, -0.15) is 8.78 Å². The zero-order chi connectivity index (χ0) is 20.5. The lowest BCUT2D eigenvalue weighted by Gasteiger charge is -2.12. The molecule has 9 heteroatoms. The highest BCUT2D eigenvalue weighted by atomic mass is 19.3. The fourth-order valence-electron chi connectivity index (χ4n) is 2.40. The van der Waals surface area contributed by atoms with E-state index in [2.05, 4.69) is 10.1 Å². The fourth-order valence-corrected chi connectivity index (χ4v) is 2.40. The number of hydrogen-bond acceptors (Lipinski definition) is 5. The first-order valence-electron chi connectivity index (χ1n) is 8.30. The summed E-state index contributed by atoms with van der Waals surface area (Å²) in [5.74, 6) is -0.694. The highest BCUT2D eigenvalue weighted by Gasteiger charge is 2.12. The van der Waals surface area contributed by atoms with Gasteiger partial charge >= 0.3 is 6.61 Å². The third kappa shape index (κ3) is 6.11. The molecule has 0 aliphatic carbocycles. The average Bonchev–Trinajstić information content (AvgIpc) is 2.67. The Hall–Kier alpha value is -3.36. The highest BCUT2D eigenvalue weighted by Crippen LogP contribution is 2.29. The number of rotatable bonds is 10. The van der Waals surface area contributed by atoms with Crippen molar-refractivity contribution in [3.8, 4) is 17.2 Å². The van der Waals surface area contributed by atoms with E-state index < -0.39 is 12.5 Å². The van der Waals surface area contributed by atoms with Gasteiger partial charge in [-0.15, -0.1) is 0 Å². The second-order valence-electron chi connectivity index (χ2n) is 5.61. The summed E-state index contributed by atoms with van der Waals surface area (Å²) in [5, 5.41) is 2.66. The van der Waals surface area contributed by atoms with E-state index in [1.54, 1.807) is 30.3 Å². The minimum Gasteiger partial charge on any atom is -0.493 e. The molecule has 150 valence electrons.